The molecule has 130 valence electrons. The van der Waals surface area contributed by atoms with Gasteiger partial charge in [0.05, 0.1) is 6.61 Å². The van der Waals surface area contributed by atoms with Crippen molar-refractivity contribution in [3.8, 4) is 5.75 Å². The van der Waals surface area contributed by atoms with E-state index in [0.717, 1.165) is 5.56 Å². The number of alkyl halides is 1. The van der Waals surface area contributed by atoms with Crippen LogP contribution in [0.2, 0.25) is 0 Å². The molecule has 0 fully saturated rings. The van der Waals surface area contributed by atoms with Crippen molar-refractivity contribution in [1.82, 2.24) is 0 Å². The molecule has 0 amide bonds. The lowest BCUT2D eigenvalue weighted by molar-refractivity contribution is -0.152. The minimum Gasteiger partial charge on any atom is -0.489 e. The first-order chi connectivity index (χ1) is 12.0. The smallest absolute Gasteiger partial charge is 0.348 e. The Kier molecular flexibility index (Phi) is 4.57. The number of hydrogen-bond acceptors (Lipinski definition) is 3. The Labute approximate surface area is 144 Å². The minimum absolute atomic E-state index is 0.0437. The van der Waals surface area contributed by atoms with E-state index < -0.39 is 23.9 Å². The molecule has 1 atom stereocenters. The molecule has 0 saturated heterocycles. The second-order valence-electron chi connectivity index (χ2n) is 5.88. The van der Waals surface area contributed by atoms with Crippen LogP contribution in [0, 0.1) is 5.82 Å². The lowest BCUT2D eigenvalue weighted by Crippen LogP contribution is -2.35. The summed E-state index contributed by atoms with van der Waals surface area (Å²) in [5, 5.41) is 0. The normalized spacial score (nSPS) is 18.8. The van der Waals surface area contributed by atoms with Crippen molar-refractivity contribution in [3.05, 3.63) is 71.6 Å². The largest absolute Gasteiger partial charge is 0.489 e. The average Bonchev–Trinajstić information content (AvgIpc) is 2.88. The second kappa shape index (κ2) is 6.67. The molecule has 0 aliphatic heterocycles. The van der Waals surface area contributed by atoms with Crippen LogP contribution in [0.5, 0.6) is 5.75 Å². The van der Waals surface area contributed by atoms with Gasteiger partial charge in [0, 0.05) is 18.1 Å². The van der Waals surface area contributed by atoms with Crippen LogP contribution in [0.3, 0.4) is 0 Å². The maximum Gasteiger partial charge on any atom is 0.348 e. The summed E-state index contributed by atoms with van der Waals surface area (Å²) < 4.78 is 39.8. The van der Waals surface area contributed by atoms with Crippen molar-refractivity contribution in [2.75, 3.05) is 6.61 Å². The van der Waals surface area contributed by atoms with Gasteiger partial charge in [-0.05, 0) is 29.7 Å². The lowest BCUT2D eigenvalue weighted by atomic mass is 9.98. The lowest BCUT2D eigenvalue weighted by Gasteiger charge is -2.18. The van der Waals surface area contributed by atoms with Crippen LogP contribution in [-0.4, -0.2) is 18.2 Å². The molecule has 0 heterocycles. The summed E-state index contributed by atoms with van der Waals surface area (Å²) >= 11 is 0. The summed E-state index contributed by atoms with van der Waals surface area (Å²) in [7, 11) is 0. The molecular formula is C20H18F2O3. The Morgan fingerprint density at radius 2 is 2.00 bits per heavy atom. The highest BCUT2D eigenvalue weighted by Gasteiger charge is 2.50. The molecule has 0 bridgehead atoms. The number of rotatable bonds is 5. The maximum atomic E-state index is 15.1. The highest BCUT2D eigenvalue weighted by atomic mass is 19.1. The highest BCUT2D eigenvalue weighted by molar-refractivity contribution is 5.99. The molecular weight excluding hydrogens is 326 g/mol. The van der Waals surface area contributed by atoms with Crippen LogP contribution >= 0.6 is 0 Å². The van der Waals surface area contributed by atoms with Gasteiger partial charge in [0.25, 0.3) is 0 Å². The molecule has 1 unspecified atom stereocenters. The topological polar surface area (TPSA) is 35.5 Å². The van der Waals surface area contributed by atoms with Crippen molar-refractivity contribution < 1.29 is 23.0 Å². The number of ether oxygens (including phenoxy) is 2. The summed E-state index contributed by atoms with van der Waals surface area (Å²) in [4.78, 5) is 11.9. The molecule has 2 aromatic carbocycles. The minimum atomic E-state index is -2.43. The molecule has 1 aliphatic rings. The zero-order valence-corrected chi connectivity index (χ0v) is 13.9. The van der Waals surface area contributed by atoms with Gasteiger partial charge in [0.15, 0.2) is 0 Å². The Balaban J connectivity index is 1.85. The predicted molar refractivity (Wildman–Crippen MR) is 90.4 cm³/mol. The standard InChI is InChI=1S/C20H18F2O3/c1-3-24-19(23)20(22)11-17-16(13(20)2)9-15(10-18(17)21)25-12-14-7-5-4-6-8-14/h4-10H,2-3,11-12H2,1H3. The first kappa shape index (κ1) is 17.1. The van der Waals surface area contributed by atoms with Crippen molar-refractivity contribution in [1.29, 1.82) is 0 Å². The molecule has 2 aromatic rings. The number of fused-ring (bicyclic) bond motifs is 1. The third kappa shape index (κ3) is 3.14. The maximum absolute atomic E-state index is 15.1. The number of carbonyl (C=O) groups is 1. The van der Waals surface area contributed by atoms with Gasteiger partial charge in [-0.2, -0.15) is 0 Å². The van der Waals surface area contributed by atoms with Crippen LogP contribution in [-0.2, 0) is 22.6 Å². The summed E-state index contributed by atoms with van der Waals surface area (Å²) in [5.41, 5.74) is -1.22. The Morgan fingerprint density at radius 1 is 1.28 bits per heavy atom. The number of carbonyl (C=O) groups excluding carboxylic acids is 1. The Morgan fingerprint density at radius 3 is 2.68 bits per heavy atom. The molecule has 5 heteroatoms. The fraction of sp³-hybridized carbons (Fsp3) is 0.250. The van der Waals surface area contributed by atoms with E-state index in [0.29, 0.717) is 0 Å². The molecule has 0 N–H and O–H groups in total. The Hall–Kier alpha value is -2.69. The van der Waals surface area contributed by atoms with Crippen molar-refractivity contribution in [2.45, 2.75) is 25.6 Å². The van der Waals surface area contributed by atoms with E-state index in [4.69, 9.17) is 9.47 Å². The van der Waals surface area contributed by atoms with Crippen LogP contribution < -0.4 is 4.74 Å². The number of hydrogen-bond donors (Lipinski definition) is 0. The molecule has 25 heavy (non-hydrogen) atoms. The van der Waals surface area contributed by atoms with E-state index in [9.17, 15) is 9.18 Å². The first-order valence-corrected chi connectivity index (χ1v) is 8.00. The molecule has 1 aliphatic carbocycles. The summed E-state index contributed by atoms with van der Waals surface area (Å²) in [6.45, 7) is 5.54. The van der Waals surface area contributed by atoms with Crippen molar-refractivity contribution >= 4 is 11.5 Å². The first-order valence-electron chi connectivity index (χ1n) is 8.00. The molecule has 0 saturated carbocycles. The quantitative estimate of drug-likeness (QED) is 0.761. The van der Waals surface area contributed by atoms with E-state index in [1.54, 1.807) is 6.92 Å². The van der Waals surface area contributed by atoms with E-state index in [1.807, 2.05) is 30.3 Å². The van der Waals surface area contributed by atoms with E-state index >= 15 is 4.39 Å². The van der Waals surface area contributed by atoms with Gasteiger partial charge in [0.1, 0.15) is 18.2 Å². The van der Waals surface area contributed by atoms with Crippen LogP contribution in [0.25, 0.3) is 5.57 Å². The number of halogens is 2. The monoisotopic (exact) mass is 344 g/mol. The van der Waals surface area contributed by atoms with E-state index in [1.165, 1.54) is 12.1 Å². The van der Waals surface area contributed by atoms with Crippen LogP contribution in [0.1, 0.15) is 23.6 Å². The van der Waals surface area contributed by atoms with Crippen LogP contribution in [0.15, 0.2) is 49.0 Å². The van der Waals surface area contributed by atoms with Gasteiger partial charge in [-0.1, -0.05) is 36.9 Å². The number of esters is 1. The zero-order valence-electron chi connectivity index (χ0n) is 13.9. The number of benzene rings is 2. The fourth-order valence-corrected chi connectivity index (χ4v) is 2.89. The summed E-state index contributed by atoms with van der Waals surface area (Å²) in [6, 6.07) is 12.1. The van der Waals surface area contributed by atoms with Gasteiger partial charge >= 0.3 is 5.97 Å². The highest BCUT2D eigenvalue weighted by Crippen LogP contribution is 2.45. The van der Waals surface area contributed by atoms with E-state index in [-0.39, 0.29) is 35.7 Å². The van der Waals surface area contributed by atoms with Crippen molar-refractivity contribution in [3.63, 3.8) is 0 Å². The Bertz CT molecular complexity index is 817. The van der Waals surface area contributed by atoms with Crippen molar-refractivity contribution in [2.24, 2.45) is 0 Å². The van der Waals surface area contributed by atoms with E-state index in [2.05, 4.69) is 6.58 Å². The average molecular weight is 344 g/mol. The van der Waals surface area contributed by atoms with Gasteiger partial charge < -0.3 is 9.47 Å². The predicted octanol–water partition coefficient (Wildman–Crippen LogP) is 4.25. The SMILES string of the molecule is C=C1c2cc(OCc3ccccc3)cc(F)c2CC1(F)C(=O)OCC. The summed E-state index contributed by atoms with van der Waals surface area (Å²) in [6.07, 6.45) is -0.412. The molecule has 0 aromatic heterocycles. The molecule has 3 rings (SSSR count). The van der Waals surface area contributed by atoms with Gasteiger partial charge in [-0.15, -0.1) is 0 Å². The molecule has 3 nitrogen and oxygen atoms in total. The zero-order chi connectivity index (χ0) is 18.0. The van der Waals surface area contributed by atoms with Crippen LogP contribution in [0.4, 0.5) is 8.78 Å². The van der Waals surface area contributed by atoms with Gasteiger partial charge in [-0.3, -0.25) is 0 Å². The third-order valence-corrected chi connectivity index (χ3v) is 4.24. The second-order valence-corrected chi connectivity index (χ2v) is 5.88. The third-order valence-electron chi connectivity index (χ3n) is 4.24. The van der Waals surface area contributed by atoms with Gasteiger partial charge in [0.2, 0.25) is 5.67 Å². The molecule has 0 spiro atoms. The molecule has 0 radical (unpaired) electrons. The van der Waals surface area contributed by atoms with Gasteiger partial charge in [-0.25, -0.2) is 13.6 Å². The summed E-state index contributed by atoms with van der Waals surface area (Å²) in [5.74, 6) is -1.40. The fourth-order valence-electron chi connectivity index (χ4n) is 2.89.